The van der Waals surface area contributed by atoms with Crippen molar-refractivity contribution in [2.45, 2.75) is 106 Å². The molecule has 2 fully saturated rings. The highest BCUT2D eigenvalue weighted by molar-refractivity contribution is 7.89. The number of likely N-dealkylation sites (N-methyl/N-ethyl adjacent to an activating group) is 1. The number of carbonyl (C=O) groups excluding carboxylic acids is 5. The average Bonchev–Trinajstić information content (AvgIpc) is 3.48. The van der Waals surface area contributed by atoms with Crippen LogP contribution in [0.4, 0.5) is 11.6 Å². The number of aliphatic carboxylic acids is 1. The number of amides is 4. The quantitative estimate of drug-likeness (QED) is 0.0233. The number of carbonyl (C=O) groups is 6. The molecule has 4 amide bonds. The maximum absolute atomic E-state index is 14.2. The maximum Gasteiger partial charge on any atom is 0.334 e. The van der Waals surface area contributed by atoms with Crippen LogP contribution < -0.4 is 41.4 Å². The van der Waals surface area contributed by atoms with E-state index in [4.69, 9.17) is 14.5 Å². The molecule has 4 aromatic rings. The zero-order valence-electron chi connectivity index (χ0n) is 47.1. The van der Waals surface area contributed by atoms with E-state index >= 15 is 0 Å². The van der Waals surface area contributed by atoms with Crippen molar-refractivity contribution in [3.8, 4) is 11.5 Å². The largest absolute Gasteiger partial charge is 0.492 e. The molecule has 2 saturated heterocycles. The van der Waals surface area contributed by atoms with Gasteiger partial charge < -0.3 is 51.4 Å². The lowest BCUT2D eigenvalue weighted by Crippen LogP contribution is -2.58. The van der Waals surface area contributed by atoms with E-state index < -0.39 is 86.6 Å². The molecule has 0 bridgehead atoms. The van der Waals surface area contributed by atoms with Gasteiger partial charge in [0.25, 0.3) is 0 Å². The summed E-state index contributed by atoms with van der Waals surface area (Å²) < 4.78 is 69.0. The van der Waals surface area contributed by atoms with Gasteiger partial charge in [-0.05, 0) is 126 Å². The van der Waals surface area contributed by atoms with Gasteiger partial charge in [-0.3, -0.25) is 19.2 Å². The molecule has 4 aliphatic rings. The topological polar surface area (TPSA) is 317 Å². The molecule has 2 atom stereocenters. The van der Waals surface area contributed by atoms with E-state index in [0.29, 0.717) is 45.1 Å². The van der Waals surface area contributed by atoms with E-state index in [1.54, 1.807) is 33.2 Å². The minimum atomic E-state index is -4.44. The molecule has 0 aliphatic carbocycles. The maximum atomic E-state index is 14.2. The minimum Gasteiger partial charge on any atom is -0.492 e. The number of pyridine rings is 2. The van der Waals surface area contributed by atoms with Crippen LogP contribution >= 0.6 is 0 Å². The third-order valence-electron chi connectivity index (χ3n) is 14.9. The lowest BCUT2D eigenvalue weighted by Gasteiger charge is -2.37. The number of ether oxygens (including phenoxy) is 2. The second-order valence-corrected chi connectivity index (χ2v) is 25.6. The fraction of sp³-hybridized carbons (Fsp3) is 0.509. The molecule has 24 nitrogen and oxygen atoms in total. The van der Waals surface area contributed by atoms with Crippen molar-refractivity contribution in [3.63, 3.8) is 0 Å². The van der Waals surface area contributed by atoms with Gasteiger partial charge in [0.15, 0.2) is 0 Å². The van der Waals surface area contributed by atoms with Crippen LogP contribution in [0.1, 0.15) is 79.4 Å². The predicted molar refractivity (Wildman–Crippen MR) is 307 cm³/mol. The summed E-state index contributed by atoms with van der Waals surface area (Å²) in [7, 11) is -4.76. The molecule has 4 aliphatic heterocycles. The number of unbranched alkanes of at least 4 members (excludes halogenated alkanes) is 2. The van der Waals surface area contributed by atoms with Crippen molar-refractivity contribution < 1.29 is 60.2 Å². The highest BCUT2D eigenvalue weighted by Gasteiger charge is 2.44. The normalized spacial score (nSPS) is 16.3. The smallest absolute Gasteiger partial charge is 0.334 e. The highest BCUT2D eigenvalue weighted by Crippen LogP contribution is 2.33. The van der Waals surface area contributed by atoms with Gasteiger partial charge in [0.05, 0.1) is 28.0 Å². The Labute approximate surface area is 484 Å². The first-order chi connectivity index (χ1) is 39.7. The lowest BCUT2D eigenvalue weighted by molar-refractivity contribution is -0.143. The minimum absolute atomic E-state index is 0.00888. The van der Waals surface area contributed by atoms with Gasteiger partial charge in [0.1, 0.15) is 41.8 Å². The third kappa shape index (κ3) is 17.0. The first-order valence-corrected chi connectivity index (χ1v) is 31.1. The molecule has 0 saturated carbocycles. The number of carboxylic acid groups (broad SMARTS) is 1. The number of nitrogens with zero attached hydrogens (tertiary/aromatic N) is 5. The van der Waals surface area contributed by atoms with Crippen LogP contribution in [0.5, 0.6) is 11.5 Å². The summed E-state index contributed by atoms with van der Waals surface area (Å²) in [6, 6.07) is 15.0. The van der Waals surface area contributed by atoms with E-state index in [0.717, 1.165) is 82.0 Å². The molecule has 8 rings (SSSR count). The van der Waals surface area contributed by atoms with E-state index in [2.05, 4.69) is 49.0 Å². The number of aryl methyl sites for hydroxylation is 5. The van der Waals surface area contributed by atoms with Crippen molar-refractivity contribution in [1.29, 1.82) is 0 Å². The van der Waals surface area contributed by atoms with Gasteiger partial charge in [-0.15, -0.1) is 0 Å². The third-order valence-corrected chi connectivity index (χ3v) is 18.5. The van der Waals surface area contributed by atoms with Crippen LogP contribution in [0.15, 0.2) is 76.5 Å². The Morgan fingerprint density at radius 2 is 1.28 bits per heavy atom. The molecular formula is C57H75N11O13S2. The van der Waals surface area contributed by atoms with E-state index in [1.807, 2.05) is 17.0 Å². The van der Waals surface area contributed by atoms with Crippen molar-refractivity contribution in [3.05, 3.63) is 94.8 Å². The van der Waals surface area contributed by atoms with Crippen LogP contribution in [-0.4, -0.2) is 173 Å². The standard InChI is InChI=1S/C57H75N11O13S2/c1-37-11-8-16-46(27-37)82(76,77)67-33-40(34-67)54(71)64-48(31-51(70)58-22-7-6-15-43-21-19-39-13-10-24-60-53(39)63-43)57(75)81-45-28-44(80-26-25-66(2)3)29-47(30-45)83(78,79)68-35-41(36-68)55(72)65-49(56(73)74)32-61-50(69)17-5-4-14-42-20-18-38-12-9-23-59-52(38)62-42/h8,11,16,18-21,27-30,40-41,48-49H,4-7,9-10,12-15,17,22-26,31-36H2,1-3H3,(H,58,70)(H,59,62)(H,60,63)(H,61,69)(H,64,71)(H,65,72)(H,73,74)/t48?,49-/m0/s1. The number of anilines is 2. The van der Waals surface area contributed by atoms with Gasteiger partial charge in [-0.1, -0.05) is 24.3 Å². The van der Waals surface area contributed by atoms with Crippen LogP contribution in [0, 0.1) is 18.8 Å². The number of hydrogen-bond donors (Lipinski definition) is 7. The summed E-state index contributed by atoms with van der Waals surface area (Å²) in [5.74, 6) is -5.31. The summed E-state index contributed by atoms with van der Waals surface area (Å²) in [5.41, 5.74) is 4.92. The van der Waals surface area contributed by atoms with Crippen molar-refractivity contribution in [2.75, 3.05) is 90.2 Å². The van der Waals surface area contributed by atoms with E-state index in [-0.39, 0.29) is 72.9 Å². The fourth-order valence-electron chi connectivity index (χ4n) is 9.85. The zero-order chi connectivity index (χ0) is 59.3. The summed E-state index contributed by atoms with van der Waals surface area (Å²) in [5, 5.41) is 26.9. The zero-order valence-corrected chi connectivity index (χ0v) is 48.7. The molecule has 7 N–H and O–H groups in total. The molecule has 83 heavy (non-hydrogen) atoms. The van der Waals surface area contributed by atoms with Crippen molar-refractivity contribution in [1.82, 2.24) is 44.7 Å². The van der Waals surface area contributed by atoms with Gasteiger partial charge in [-0.2, -0.15) is 8.61 Å². The number of hydrogen-bond acceptors (Lipinski definition) is 17. The fourth-order valence-corrected chi connectivity index (χ4v) is 13.1. The Bertz CT molecular complexity index is 3240. The first-order valence-electron chi connectivity index (χ1n) is 28.3. The van der Waals surface area contributed by atoms with Crippen LogP contribution in [0.2, 0.25) is 0 Å². The van der Waals surface area contributed by atoms with Crippen molar-refractivity contribution in [2.24, 2.45) is 11.8 Å². The molecule has 448 valence electrons. The summed E-state index contributed by atoms with van der Waals surface area (Å²) in [4.78, 5) is 90.6. The number of sulfonamides is 2. The summed E-state index contributed by atoms with van der Waals surface area (Å²) in [6.07, 6.45) is 7.43. The molecule has 2 aromatic heterocycles. The number of aromatic nitrogens is 2. The second kappa shape index (κ2) is 28.3. The Hall–Kier alpha value is -7.26. The molecular weight excluding hydrogens is 1110 g/mol. The number of benzene rings is 2. The number of fused-ring (bicyclic) bond motifs is 2. The van der Waals surface area contributed by atoms with Crippen LogP contribution in [-0.2, 0) is 74.5 Å². The Balaban J connectivity index is 0.875. The van der Waals surface area contributed by atoms with Gasteiger partial charge in [-0.25, -0.2) is 36.4 Å². The molecule has 0 radical (unpaired) electrons. The number of esters is 1. The first kappa shape index (κ1) is 61.8. The monoisotopic (exact) mass is 1190 g/mol. The lowest BCUT2D eigenvalue weighted by atomic mass is 10.0. The van der Waals surface area contributed by atoms with Crippen LogP contribution in [0.25, 0.3) is 0 Å². The predicted octanol–water partition coefficient (Wildman–Crippen LogP) is 2.40. The summed E-state index contributed by atoms with van der Waals surface area (Å²) in [6.45, 7) is 2.80. The van der Waals surface area contributed by atoms with Gasteiger partial charge in [0, 0.05) is 94.9 Å². The SMILES string of the molecule is Cc1cccc(S(=O)(=O)N2CC(C(=O)NC(CC(=O)NCCCCc3ccc4c(n3)NCCC4)C(=O)Oc3cc(OCCN(C)C)cc(S(=O)(=O)N4CC(C(=O)N[C@@H](CNC(=O)CCCCc5ccc6c(n5)NCCC6)C(=O)O)C4)c3)C2)c1. The Morgan fingerprint density at radius 3 is 1.87 bits per heavy atom. The van der Waals surface area contributed by atoms with Gasteiger partial charge >= 0.3 is 11.9 Å². The van der Waals surface area contributed by atoms with Crippen molar-refractivity contribution >= 4 is 67.2 Å². The average molecular weight is 1190 g/mol. The second-order valence-electron chi connectivity index (χ2n) is 21.7. The number of rotatable bonds is 29. The molecule has 26 heteroatoms. The van der Waals surface area contributed by atoms with Crippen LogP contribution in [0.3, 0.4) is 0 Å². The van der Waals surface area contributed by atoms with E-state index in [1.165, 1.54) is 35.4 Å². The number of nitrogens with one attached hydrogen (secondary N) is 6. The van der Waals surface area contributed by atoms with Gasteiger partial charge in [0.2, 0.25) is 43.7 Å². The molecule has 6 heterocycles. The Kier molecular flexibility index (Phi) is 21.1. The van der Waals surface area contributed by atoms with E-state index in [9.17, 15) is 50.7 Å². The molecule has 2 aromatic carbocycles. The highest BCUT2D eigenvalue weighted by atomic mass is 32.2. The molecule has 1 unspecified atom stereocenters. The molecule has 0 spiro atoms. The Morgan fingerprint density at radius 1 is 0.699 bits per heavy atom. The number of carboxylic acids is 1. The summed E-state index contributed by atoms with van der Waals surface area (Å²) >= 11 is 0.